The minimum atomic E-state index is -0.435. The first kappa shape index (κ1) is 17.2. The van der Waals surface area contributed by atoms with Gasteiger partial charge in [-0.15, -0.1) is 0 Å². The number of benzene rings is 2. The second-order valence-electron chi connectivity index (χ2n) is 4.68. The SMILES string of the molecule is CCOc1c(Br)cc(/C=C/C(=O)c2cccc(F)c2)cc1OC. The Balaban J connectivity index is 2.25. The van der Waals surface area contributed by atoms with Gasteiger partial charge in [-0.3, -0.25) is 4.79 Å². The minimum Gasteiger partial charge on any atom is -0.493 e. The third kappa shape index (κ3) is 4.42. The summed E-state index contributed by atoms with van der Waals surface area (Å²) in [4.78, 5) is 12.1. The Morgan fingerprint density at radius 3 is 2.74 bits per heavy atom. The summed E-state index contributed by atoms with van der Waals surface area (Å²) in [6.45, 7) is 2.40. The summed E-state index contributed by atoms with van der Waals surface area (Å²) in [7, 11) is 1.55. The smallest absolute Gasteiger partial charge is 0.185 e. The van der Waals surface area contributed by atoms with E-state index >= 15 is 0 Å². The third-order valence-electron chi connectivity index (χ3n) is 3.08. The minimum absolute atomic E-state index is 0.270. The lowest BCUT2D eigenvalue weighted by Crippen LogP contribution is -1.97. The standard InChI is InChI=1S/C18H16BrFO3/c1-3-23-18-15(19)9-12(10-17(18)22-2)7-8-16(21)13-5-4-6-14(20)11-13/h4-11H,3H2,1-2H3/b8-7+. The van der Waals surface area contributed by atoms with Crippen LogP contribution in [0.25, 0.3) is 6.08 Å². The molecule has 120 valence electrons. The van der Waals surface area contributed by atoms with Crippen molar-refractivity contribution < 1.29 is 18.7 Å². The highest BCUT2D eigenvalue weighted by molar-refractivity contribution is 9.10. The zero-order valence-electron chi connectivity index (χ0n) is 12.8. The van der Waals surface area contributed by atoms with Gasteiger partial charge in [-0.1, -0.05) is 18.2 Å². The molecule has 0 aliphatic carbocycles. The van der Waals surface area contributed by atoms with Gasteiger partial charge in [0.1, 0.15) is 5.82 Å². The molecule has 0 aliphatic heterocycles. The van der Waals surface area contributed by atoms with Crippen molar-refractivity contribution in [2.24, 2.45) is 0 Å². The normalized spacial score (nSPS) is 10.8. The fourth-order valence-electron chi connectivity index (χ4n) is 2.03. The van der Waals surface area contributed by atoms with Crippen molar-refractivity contribution >= 4 is 27.8 Å². The quantitative estimate of drug-likeness (QED) is 0.530. The summed E-state index contributed by atoms with van der Waals surface area (Å²) in [5.74, 6) is 0.478. The fraction of sp³-hybridized carbons (Fsp3) is 0.167. The van der Waals surface area contributed by atoms with Gasteiger partial charge in [0.25, 0.3) is 0 Å². The molecule has 0 amide bonds. The summed E-state index contributed by atoms with van der Waals surface area (Å²) in [5.41, 5.74) is 1.07. The van der Waals surface area contributed by atoms with Crippen molar-refractivity contribution in [1.82, 2.24) is 0 Å². The van der Waals surface area contributed by atoms with Gasteiger partial charge >= 0.3 is 0 Å². The summed E-state index contributed by atoms with van der Waals surface area (Å²) in [6.07, 6.45) is 3.05. The lowest BCUT2D eigenvalue weighted by molar-refractivity contribution is 0.104. The molecule has 0 bridgehead atoms. The van der Waals surface area contributed by atoms with Crippen LogP contribution in [0.15, 0.2) is 46.9 Å². The predicted molar refractivity (Wildman–Crippen MR) is 91.6 cm³/mol. The molecule has 0 spiro atoms. The fourth-order valence-corrected chi connectivity index (χ4v) is 2.60. The average Bonchev–Trinajstić information content (AvgIpc) is 2.54. The number of ketones is 1. The van der Waals surface area contributed by atoms with Crippen LogP contribution in [0.4, 0.5) is 4.39 Å². The number of halogens is 2. The summed E-state index contributed by atoms with van der Waals surface area (Å²) < 4.78 is 24.7. The molecule has 0 saturated carbocycles. The molecule has 0 atom stereocenters. The molecular formula is C18H16BrFO3. The van der Waals surface area contributed by atoms with Crippen LogP contribution in [-0.2, 0) is 0 Å². The van der Waals surface area contributed by atoms with Crippen LogP contribution < -0.4 is 9.47 Å². The predicted octanol–water partition coefficient (Wildman–Crippen LogP) is 4.89. The Bertz CT molecular complexity index is 741. The molecule has 0 N–H and O–H groups in total. The topological polar surface area (TPSA) is 35.5 Å². The molecule has 0 saturated heterocycles. The number of ether oxygens (including phenoxy) is 2. The van der Waals surface area contributed by atoms with Gasteiger partial charge in [0.05, 0.1) is 18.2 Å². The molecule has 5 heteroatoms. The summed E-state index contributed by atoms with van der Waals surface area (Å²) in [6, 6.07) is 9.18. The number of allylic oxidation sites excluding steroid dienone is 1. The number of methoxy groups -OCH3 is 1. The van der Waals surface area contributed by atoms with E-state index in [2.05, 4.69) is 15.9 Å². The number of carbonyl (C=O) groups excluding carboxylic acids is 1. The highest BCUT2D eigenvalue weighted by atomic mass is 79.9. The highest BCUT2D eigenvalue weighted by Gasteiger charge is 2.10. The molecule has 0 aromatic heterocycles. The van der Waals surface area contributed by atoms with Gasteiger partial charge in [0, 0.05) is 5.56 Å². The summed E-state index contributed by atoms with van der Waals surface area (Å²) >= 11 is 3.43. The van der Waals surface area contributed by atoms with Crippen molar-refractivity contribution in [1.29, 1.82) is 0 Å². The molecule has 2 aromatic rings. The van der Waals surface area contributed by atoms with E-state index in [0.717, 1.165) is 10.0 Å². The van der Waals surface area contributed by atoms with Crippen molar-refractivity contribution in [2.75, 3.05) is 13.7 Å². The Kier molecular flexibility index (Phi) is 5.93. The van der Waals surface area contributed by atoms with E-state index in [-0.39, 0.29) is 5.78 Å². The highest BCUT2D eigenvalue weighted by Crippen LogP contribution is 2.37. The molecule has 3 nitrogen and oxygen atoms in total. The van der Waals surface area contributed by atoms with Crippen molar-refractivity contribution in [3.8, 4) is 11.5 Å². The first-order valence-corrected chi connectivity index (χ1v) is 7.82. The van der Waals surface area contributed by atoms with Gasteiger partial charge in [-0.05, 0) is 58.8 Å². The zero-order chi connectivity index (χ0) is 16.8. The van der Waals surface area contributed by atoms with Gasteiger partial charge in [-0.25, -0.2) is 4.39 Å². The van der Waals surface area contributed by atoms with Gasteiger partial charge in [0.15, 0.2) is 17.3 Å². The van der Waals surface area contributed by atoms with E-state index in [9.17, 15) is 9.18 Å². The average molecular weight is 379 g/mol. The van der Waals surface area contributed by atoms with Crippen molar-refractivity contribution in [2.45, 2.75) is 6.92 Å². The molecule has 2 aromatic carbocycles. The monoisotopic (exact) mass is 378 g/mol. The number of hydrogen-bond acceptors (Lipinski definition) is 3. The van der Waals surface area contributed by atoms with Crippen LogP contribution in [0.3, 0.4) is 0 Å². The maximum Gasteiger partial charge on any atom is 0.185 e. The second-order valence-corrected chi connectivity index (χ2v) is 5.53. The molecule has 23 heavy (non-hydrogen) atoms. The molecule has 0 fully saturated rings. The van der Waals surface area contributed by atoms with Gasteiger partial charge in [-0.2, -0.15) is 0 Å². The number of rotatable bonds is 6. The van der Waals surface area contributed by atoms with Crippen LogP contribution in [0.5, 0.6) is 11.5 Å². The second kappa shape index (κ2) is 7.92. The Morgan fingerprint density at radius 1 is 1.30 bits per heavy atom. The van der Waals surface area contributed by atoms with Crippen LogP contribution in [-0.4, -0.2) is 19.5 Å². The van der Waals surface area contributed by atoms with Crippen molar-refractivity contribution in [3.63, 3.8) is 0 Å². The first-order valence-electron chi connectivity index (χ1n) is 7.03. The molecule has 0 radical (unpaired) electrons. The Hall–Kier alpha value is -2.14. The lowest BCUT2D eigenvalue weighted by atomic mass is 10.1. The lowest BCUT2D eigenvalue weighted by Gasteiger charge is -2.12. The number of carbonyl (C=O) groups is 1. The van der Waals surface area contributed by atoms with Gasteiger partial charge < -0.3 is 9.47 Å². The largest absolute Gasteiger partial charge is 0.493 e. The third-order valence-corrected chi connectivity index (χ3v) is 3.67. The van der Waals surface area contributed by atoms with Crippen LogP contribution in [0, 0.1) is 5.82 Å². The van der Waals surface area contributed by atoms with E-state index in [1.807, 2.05) is 13.0 Å². The van der Waals surface area contributed by atoms with Gasteiger partial charge in [0.2, 0.25) is 0 Å². The zero-order valence-corrected chi connectivity index (χ0v) is 14.4. The maximum atomic E-state index is 13.1. The van der Waals surface area contributed by atoms with E-state index in [0.29, 0.717) is 23.7 Å². The first-order chi connectivity index (χ1) is 11.0. The Labute approximate surface area is 142 Å². The van der Waals surface area contributed by atoms with Crippen LogP contribution in [0.2, 0.25) is 0 Å². The Morgan fingerprint density at radius 2 is 2.09 bits per heavy atom. The molecule has 0 aliphatic rings. The van der Waals surface area contributed by atoms with Crippen LogP contribution in [0.1, 0.15) is 22.8 Å². The van der Waals surface area contributed by atoms with E-state index in [1.165, 1.54) is 24.3 Å². The van der Waals surface area contributed by atoms with E-state index in [1.54, 1.807) is 25.3 Å². The van der Waals surface area contributed by atoms with Crippen molar-refractivity contribution in [3.05, 3.63) is 63.9 Å². The summed E-state index contributed by atoms with van der Waals surface area (Å²) in [5, 5.41) is 0. The number of hydrogen-bond donors (Lipinski definition) is 0. The van der Waals surface area contributed by atoms with E-state index < -0.39 is 5.82 Å². The van der Waals surface area contributed by atoms with E-state index in [4.69, 9.17) is 9.47 Å². The molecule has 2 rings (SSSR count). The molecular weight excluding hydrogens is 363 g/mol. The molecule has 0 unspecified atom stereocenters. The van der Waals surface area contributed by atoms with Crippen LogP contribution >= 0.6 is 15.9 Å². The molecule has 0 heterocycles. The maximum absolute atomic E-state index is 13.1.